The molecule has 0 atom stereocenters. The fraction of sp³-hybridized carbons (Fsp3) is 0.0769. The number of nitrogens with zero attached hydrogens (tertiary/aromatic N) is 1. The number of nitrogens with two attached hydrogens (primary N) is 2. The molecule has 0 saturated carbocycles. The zero-order valence-electron chi connectivity index (χ0n) is 9.67. The van der Waals surface area contributed by atoms with E-state index in [2.05, 4.69) is 4.98 Å². The second kappa shape index (κ2) is 5.46. The van der Waals surface area contributed by atoms with Crippen LogP contribution >= 0.6 is 11.3 Å². The number of hydrogen-bond acceptors (Lipinski definition) is 4. The number of primary amides is 1. The molecule has 1 aromatic carbocycles. The summed E-state index contributed by atoms with van der Waals surface area (Å²) in [7, 11) is 0. The van der Waals surface area contributed by atoms with E-state index >= 15 is 0 Å². The monoisotopic (exact) mass is 259 g/mol. The first-order chi connectivity index (χ1) is 8.65. The van der Waals surface area contributed by atoms with Crippen LogP contribution < -0.4 is 11.5 Å². The minimum Gasteiger partial charge on any atom is -0.375 e. The van der Waals surface area contributed by atoms with Gasteiger partial charge in [0.15, 0.2) is 5.13 Å². The number of carbonyl (C=O) groups excluding carboxylic acids is 1. The highest BCUT2D eigenvalue weighted by atomic mass is 32.1. The molecule has 5 heteroatoms. The fourth-order valence-electron chi connectivity index (χ4n) is 1.50. The normalized spacial score (nSPS) is 10.9. The Hall–Kier alpha value is -2.14. The van der Waals surface area contributed by atoms with Crippen LogP contribution in [0.5, 0.6) is 0 Å². The van der Waals surface area contributed by atoms with Gasteiger partial charge in [-0.05, 0) is 5.56 Å². The van der Waals surface area contributed by atoms with E-state index in [0.717, 1.165) is 16.8 Å². The first-order valence-corrected chi connectivity index (χ1v) is 6.29. The predicted octanol–water partition coefficient (Wildman–Crippen LogP) is 2.28. The molecule has 1 aromatic heterocycles. The molecule has 18 heavy (non-hydrogen) atoms. The van der Waals surface area contributed by atoms with Crippen LogP contribution in [0.2, 0.25) is 0 Å². The molecule has 2 aromatic rings. The third kappa shape index (κ3) is 3.18. The van der Waals surface area contributed by atoms with Gasteiger partial charge >= 0.3 is 0 Å². The van der Waals surface area contributed by atoms with Gasteiger partial charge in [0.2, 0.25) is 5.91 Å². The topological polar surface area (TPSA) is 82.0 Å². The van der Waals surface area contributed by atoms with Gasteiger partial charge in [0.1, 0.15) is 0 Å². The number of amides is 1. The lowest BCUT2D eigenvalue weighted by molar-refractivity contribution is -0.117. The van der Waals surface area contributed by atoms with Crippen molar-refractivity contribution in [3.8, 4) is 11.3 Å². The molecule has 2 rings (SSSR count). The number of benzene rings is 1. The Balaban J connectivity index is 2.10. The minimum absolute atomic E-state index is 0.254. The number of hydrogen-bond donors (Lipinski definition) is 2. The molecule has 1 amide bonds. The fourth-order valence-corrected chi connectivity index (χ4v) is 2.07. The Morgan fingerprint density at radius 1 is 1.33 bits per heavy atom. The molecule has 0 saturated heterocycles. The van der Waals surface area contributed by atoms with E-state index in [1.165, 1.54) is 11.3 Å². The van der Waals surface area contributed by atoms with Crippen LogP contribution in [-0.4, -0.2) is 10.9 Å². The van der Waals surface area contributed by atoms with Crippen LogP contribution in [0.4, 0.5) is 5.13 Å². The van der Waals surface area contributed by atoms with Crippen molar-refractivity contribution in [1.82, 2.24) is 4.98 Å². The summed E-state index contributed by atoms with van der Waals surface area (Å²) in [4.78, 5) is 14.8. The Labute approximate surface area is 109 Å². The average molecular weight is 259 g/mol. The molecule has 0 radical (unpaired) electrons. The maximum absolute atomic E-state index is 10.6. The molecule has 0 unspecified atom stereocenters. The molecule has 1 heterocycles. The number of thiazole rings is 1. The average Bonchev–Trinajstić information content (AvgIpc) is 2.76. The van der Waals surface area contributed by atoms with Crippen molar-refractivity contribution in [1.29, 1.82) is 0 Å². The van der Waals surface area contributed by atoms with E-state index in [1.54, 1.807) is 6.08 Å². The van der Waals surface area contributed by atoms with Crippen LogP contribution in [-0.2, 0) is 4.79 Å². The van der Waals surface area contributed by atoms with Crippen molar-refractivity contribution in [3.05, 3.63) is 41.3 Å². The van der Waals surface area contributed by atoms with Crippen LogP contribution in [0.1, 0.15) is 12.0 Å². The van der Waals surface area contributed by atoms with E-state index in [-0.39, 0.29) is 12.3 Å². The van der Waals surface area contributed by atoms with Gasteiger partial charge in [0.05, 0.1) is 5.69 Å². The Morgan fingerprint density at radius 3 is 2.61 bits per heavy atom. The van der Waals surface area contributed by atoms with Crippen LogP contribution in [0.15, 0.2) is 35.7 Å². The number of rotatable bonds is 4. The van der Waals surface area contributed by atoms with Gasteiger partial charge in [-0.3, -0.25) is 4.79 Å². The van der Waals surface area contributed by atoms with E-state index < -0.39 is 0 Å². The first-order valence-electron chi connectivity index (χ1n) is 5.41. The molecular formula is C13H13N3OS. The number of anilines is 1. The van der Waals surface area contributed by atoms with Gasteiger partial charge in [-0.1, -0.05) is 36.4 Å². The Kier molecular flexibility index (Phi) is 3.74. The lowest BCUT2D eigenvalue weighted by Crippen LogP contribution is -2.07. The summed E-state index contributed by atoms with van der Waals surface area (Å²) in [6.45, 7) is 0. The zero-order valence-corrected chi connectivity index (χ0v) is 10.5. The van der Waals surface area contributed by atoms with Crippen molar-refractivity contribution in [2.75, 3.05) is 5.73 Å². The Bertz CT molecular complexity index is 572. The molecule has 92 valence electrons. The number of aromatic nitrogens is 1. The molecule has 0 bridgehead atoms. The number of carbonyl (C=O) groups is 1. The third-order valence-corrected chi connectivity index (χ3v) is 3.03. The van der Waals surface area contributed by atoms with E-state index in [4.69, 9.17) is 11.5 Å². The SMILES string of the molecule is NC(=O)CC=Cc1ccc(-c2csc(N)n2)cc1. The Morgan fingerprint density at radius 2 is 2.06 bits per heavy atom. The largest absolute Gasteiger partial charge is 0.375 e. The maximum Gasteiger partial charge on any atom is 0.221 e. The van der Waals surface area contributed by atoms with Gasteiger partial charge < -0.3 is 11.5 Å². The van der Waals surface area contributed by atoms with Gasteiger partial charge in [-0.15, -0.1) is 11.3 Å². The minimum atomic E-state index is -0.333. The lowest BCUT2D eigenvalue weighted by atomic mass is 10.1. The molecule has 0 aliphatic heterocycles. The zero-order chi connectivity index (χ0) is 13.0. The molecular weight excluding hydrogens is 246 g/mol. The summed E-state index contributed by atoms with van der Waals surface area (Å²) < 4.78 is 0. The standard InChI is InChI=1S/C13H13N3OS/c14-12(17)3-1-2-9-4-6-10(7-5-9)11-8-18-13(15)16-11/h1-2,4-8H,3H2,(H2,14,17)(H2,15,16). The van der Waals surface area contributed by atoms with Gasteiger partial charge in [0.25, 0.3) is 0 Å². The van der Waals surface area contributed by atoms with Crippen molar-refractivity contribution in [2.24, 2.45) is 5.73 Å². The summed E-state index contributed by atoms with van der Waals surface area (Å²) in [6.07, 6.45) is 3.87. The predicted molar refractivity (Wildman–Crippen MR) is 74.8 cm³/mol. The lowest BCUT2D eigenvalue weighted by Gasteiger charge is -1.97. The van der Waals surface area contributed by atoms with Gasteiger partial charge in [0, 0.05) is 17.4 Å². The smallest absolute Gasteiger partial charge is 0.221 e. The third-order valence-electron chi connectivity index (χ3n) is 2.36. The first kappa shape index (κ1) is 12.3. The molecule has 0 aliphatic rings. The van der Waals surface area contributed by atoms with Crippen LogP contribution in [0.25, 0.3) is 17.3 Å². The number of nitrogen functional groups attached to an aromatic ring is 1. The summed E-state index contributed by atoms with van der Waals surface area (Å²) >= 11 is 1.42. The van der Waals surface area contributed by atoms with E-state index in [9.17, 15) is 4.79 Å². The molecule has 0 fully saturated rings. The quantitative estimate of drug-likeness (QED) is 0.883. The summed E-state index contributed by atoms with van der Waals surface area (Å²) in [6, 6.07) is 7.86. The van der Waals surface area contributed by atoms with Gasteiger partial charge in [-0.2, -0.15) is 0 Å². The van der Waals surface area contributed by atoms with Crippen molar-refractivity contribution >= 4 is 28.5 Å². The molecule has 4 N–H and O–H groups in total. The van der Waals surface area contributed by atoms with Crippen LogP contribution in [0.3, 0.4) is 0 Å². The second-order valence-corrected chi connectivity index (χ2v) is 4.66. The summed E-state index contributed by atoms with van der Waals surface area (Å²) in [5.74, 6) is -0.333. The van der Waals surface area contributed by atoms with E-state index in [1.807, 2.05) is 35.7 Å². The van der Waals surface area contributed by atoms with Crippen molar-refractivity contribution in [2.45, 2.75) is 6.42 Å². The highest BCUT2D eigenvalue weighted by Gasteiger charge is 2.01. The van der Waals surface area contributed by atoms with Gasteiger partial charge in [-0.25, -0.2) is 4.98 Å². The second-order valence-electron chi connectivity index (χ2n) is 3.77. The summed E-state index contributed by atoms with van der Waals surface area (Å²) in [5.41, 5.74) is 13.6. The summed E-state index contributed by atoms with van der Waals surface area (Å²) in [5, 5.41) is 2.49. The van der Waals surface area contributed by atoms with E-state index in [0.29, 0.717) is 5.13 Å². The molecule has 0 aliphatic carbocycles. The van der Waals surface area contributed by atoms with Crippen LogP contribution in [0, 0.1) is 0 Å². The molecule has 0 spiro atoms. The maximum atomic E-state index is 10.6. The van der Waals surface area contributed by atoms with Crippen molar-refractivity contribution in [3.63, 3.8) is 0 Å². The van der Waals surface area contributed by atoms with Crippen molar-refractivity contribution < 1.29 is 4.79 Å². The highest BCUT2D eigenvalue weighted by Crippen LogP contribution is 2.23. The highest BCUT2D eigenvalue weighted by molar-refractivity contribution is 7.13. The molecule has 4 nitrogen and oxygen atoms in total.